The van der Waals surface area contributed by atoms with Crippen LogP contribution in [0.15, 0.2) is 0 Å². The SMILES string of the molecule is Cc1nn(C)c(CC(N)CN(C)C)c1Cl. The number of aryl methyl sites for hydroxylation is 2. The van der Waals surface area contributed by atoms with Gasteiger partial charge in [0, 0.05) is 26.1 Å². The van der Waals surface area contributed by atoms with Crippen LogP contribution in [0.5, 0.6) is 0 Å². The lowest BCUT2D eigenvalue weighted by molar-refractivity contribution is 0.368. The zero-order chi connectivity index (χ0) is 11.6. The average Bonchev–Trinajstić information content (AvgIpc) is 2.31. The van der Waals surface area contributed by atoms with Gasteiger partial charge in [-0.25, -0.2) is 0 Å². The predicted molar refractivity (Wildman–Crippen MR) is 63.2 cm³/mol. The molecule has 0 aliphatic carbocycles. The van der Waals surface area contributed by atoms with Crippen molar-refractivity contribution >= 4 is 11.6 Å². The molecule has 5 heteroatoms. The molecule has 0 spiro atoms. The molecule has 0 aliphatic heterocycles. The summed E-state index contributed by atoms with van der Waals surface area (Å²) in [6.07, 6.45) is 0.758. The number of aromatic nitrogens is 2. The Balaban J connectivity index is 2.71. The summed E-state index contributed by atoms with van der Waals surface area (Å²) >= 11 is 6.14. The Kier molecular flexibility index (Phi) is 4.13. The van der Waals surface area contributed by atoms with Crippen molar-refractivity contribution in [3.8, 4) is 0 Å². The fourth-order valence-electron chi connectivity index (χ4n) is 1.68. The van der Waals surface area contributed by atoms with E-state index in [0.29, 0.717) is 0 Å². The summed E-state index contributed by atoms with van der Waals surface area (Å²) in [5, 5.41) is 5.00. The topological polar surface area (TPSA) is 47.1 Å². The fourth-order valence-corrected chi connectivity index (χ4v) is 1.92. The van der Waals surface area contributed by atoms with E-state index in [9.17, 15) is 0 Å². The zero-order valence-corrected chi connectivity index (χ0v) is 10.5. The van der Waals surface area contributed by atoms with Gasteiger partial charge in [0.25, 0.3) is 0 Å². The molecule has 1 aromatic heterocycles. The Morgan fingerprint density at radius 3 is 2.53 bits per heavy atom. The molecule has 0 bridgehead atoms. The van der Waals surface area contributed by atoms with E-state index in [1.807, 2.05) is 32.7 Å². The summed E-state index contributed by atoms with van der Waals surface area (Å²) < 4.78 is 1.81. The summed E-state index contributed by atoms with van der Waals surface area (Å²) in [7, 11) is 5.92. The van der Waals surface area contributed by atoms with Crippen LogP contribution in [0.25, 0.3) is 0 Å². The molecule has 1 heterocycles. The Bertz CT molecular complexity index is 332. The molecule has 2 N–H and O–H groups in total. The predicted octanol–water partition coefficient (Wildman–Crippen LogP) is 0.813. The molecule has 86 valence electrons. The molecule has 1 rings (SSSR count). The molecule has 0 saturated heterocycles. The van der Waals surface area contributed by atoms with Crippen LogP contribution < -0.4 is 5.73 Å². The van der Waals surface area contributed by atoms with Crippen LogP contribution in [-0.2, 0) is 13.5 Å². The smallest absolute Gasteiger partial charge is 0.0847 e. The number of hydrogen-bond donors (Lipinski definition) is 1. The van der Waals surface area contributed by atoms with Crippen molar-refractivity contribution in [3.05, 3.63) is 16.4 Å². The number of halogens is 1. The number of rotatable bonds is 4. The summed E-state index contributed by atoms with van der Waals surface area (Å²) in [4.78, 5) is 2.07. The second-order valence-corrected chi connectivity index (χ2v) is 4.57. The minimum Gasteiger partial charge on any atom is -0.326 e. The first-order valence-electron chi connectivity index (χ1n) is 5.00. The summed E-state index contributed by atoms with van der Waals surface area (Å²) in [6.45, 7) is 2.75. The third-order valence-electron chi connectivity index (χ3n) is 2.32. The molecule has 0 radical (unpaired) electrons. The average molecular weight is 231 g/mol. The van der Waals surface area contributed by atoms with Gasteiger partial charge in [0.1, 0.15) is 0 Å². The van der Waals surface area contributed by atoms with Crippen molar-refractivity contribution in [2.24, 2.45) is 12.8 Å². The van der Waals surface area contributed by atoms with Gasteiger partial charge in [0.05, 0.1) is 16.4 Å². The van der Waals surface area contributed by atoms with E-state index in [1.54, 1.807) is 0 Å². The Labute approximate surface area is 96.0 Å². The van der Waals surface area contributed by atoms with Crippen LogP contribution in [0.2, 0.25) is 5.02 Å². The van der Waals surface area contributed by atoms with Gasteiger partial charge in [0.15, 0.2) is 0 Å². The fraction of sp³-hybridized carbons (Fsp3) is 0.700. The van der Waals surface area contributed by atoms with E-state index in [1.165, 1.54) is 0 Å². The molecule has 1 aromatic rings. The second kappa shape index (κ2) is 4.96. The molecule has 0 aromatic carbocycles. The monoisotopic (exact) mass is 230 g/mol. The molecule has 1 unspecified atom stereocenters. The quantitative estimate of drug-likeness (QED) is 0.833. The van der Waals surface area contributed by atoms with Crippen molar-refractivity contribution in [2.45, 2.75) is 19.4 Å². The first-order chi connectivity index (χ1) is 6.91. The van der Waals surface area contributed by atoms with Crippen LogP contribution in [0, 0.1) is 6.92 Å². The maximum absolute atomic E-state index is 6.14. The lowest BCUT2D eigenvalue weighted by Crippen LogP contribution is -2.35. The zero-order valence-electron chi connectivity index (χ0n) is 9.79. The largest absolute Gasteiger partial charge is 0.326 e. The summed E-state index contributed by atoms with van der Waals surface area (Å²) in [6, 6.07) is 0.0901. The van der Waals surface area contributed by atoms with Gasteiger partial charge in [0.2, 0.25) is 0 Å². The van der Waals surface area contributed by atoms with Crippen molar-refractivity contribution in [1.82, 2.24) is 14.7 Å². The Morgan fingerprint density at radius 2 is 2.13 bits per heavy atom. The van der Waals surface area contributed by atoms with Gasteiger partial charge in [-0.3, -0.25) is 4.68 Å². The molecule has 0 saturated carbocycles. The van der Waals surface area contributed by atoms with Gasteiger partial charge in [-0.1, -0.05) is 11.6 Å². The molecule has 4 nitrogen and oxygen atoms in total. The van der Waals surface area contributed by atoms with Crippen molar-refractivity contribution in [2.75, 3.05) is 20.6 Å². The van der Waals surface area contributed by atoms with Gasteiger partial charge in [-0.05, 0) is 21.0 Å². The normalized spacial score (nSPS) is 13.5. The van der Waals surface area contributed by atoms with Gasteiger partial charge < -0.3 is 10.6 Å². The number of nitrogens with two attached hydrogens (primary N) is 1. The highest BCUT2D eigenvalue weighted by Gasteiger charge is 2.14. The molecule has 0 amide bonds. The maximum Gasteiger partial charge on any atom is 0.0847 e. The second-order valence-electron chi connectivity index (χ2n) is 4.20. The van der Waals surface area contributed by atoms with E-state index in [2.05, 4.69) is 10.00 Å². The number of nitrogens with zero attached hydrogens (tertiary/aromatic N) is 3. The summed E-state index contributed by atoms with van der Waals surface area (Å²) in [5.74, 6) is 0. The highest BCUT2D eigenvalue weighted by Crippen LogP contribution is 2.20. The molecule has 1 atom stereocenters. The number of hydrogen-bond acceptors (Lipinski definition) is 3. The molecule has 0 aliphatic rings. The third kappa shape index (κ3) is 3.19. The highest BCUT2D eigenvalue weighted by atomic mass is 35.5. The van der Waals surface area contributed by atoms with Crippen LogP contribution in [-0.4, -0.2) is 41.4 Å². The molecule has 0 fully saturated rings. The third-order valence-corrected chi connectivity index (χ3v) is 2.81. The van der Waals surface area contributed by atoms with E-state index >= 15 is 0 Å². The van der Waals surface area contributed by atoms with Crippen LogP contribution >= 0.6 is 11.6 Å². The maximum atomic E-state index is 6.14. The van der Waals surface area contributed by atoms with Crippen LogP contribution in [0.4, 0.5) is 0 Å². The lowest BCUT2D eigenvalue weighted by atomic mass is 10.1. The molecular weight excluding hydrogens is 212 g/mol. The highest BCUT2D eigenvalue weighted by molar-refractivity contribution is 6.31. The van der Waals surface area contributed by atoms with E-state index in [0.717, 1.165) is 29.4 Å². The Morgan fingerprint density at radius 1 is 1.53 bits per heavy atom. The first kappa shape index (κ1) is 12.5. The van der Waals surface area contributed by atoms with Gasteiger partial charge >= 0.3 is 0 Å². The van der Waals surface area contributed by atoms with Crippen LogP contribution in [0.1, 0.15) is 11.4 Å². The minimum atomic E-state index is 0.0901. The van der Waals surface area contributed by atoms with E-state index in [4.69, 9.17) is 17.3 Å². The van der Waals surface area contributed by atoms with Gasteiger partial charge in [-0.2, -0.15) is 5.10 Å². The van der Waals surface area contributed by atoms with Gasteiger partial charge in [-0.15, -0.1) is 0 Å². The van der Waals surface area contributed by atoms with Crippen LogP contribution in [0.3, 0.4) is 0 Å². The van der Waals surface area contributed by atoms with Crippen molar-refractivity contribution in [3.63, 3.8) is 0 Å². The summed E-state index contributed by atoms with van der Waals surface area (Å²) in [5.41, 5.74) is 7.90. The lowest BCUT2D eigenvalue weighted by Gasteiger charge is -2.16. The molecular formula is C10H19ClN4. The van der Waals surface area contributed by atoms with Crippen molar-refractivity contribution in [1.29, 1.82) is 0 Å². The van der Waals surface area contributed by atoms with Crippen molar-refractivity contribution < 1.29 is 0 Å². The Hall–Kier alpha value is -0.580. The number of likely N-dealkylation sites (N-methyl/N-ethyl adjacent to an activating group) is 1. The standard InChI is InChI=1S/C10H19ClN4/c1-7-10(11)9(15(4)13-7)5-8(12)6-14(2)3/h8H,5-6,12H2,1-4H3. The molecule has 15 heavy (non-hydrogen) atoms. The van der Waals surface area contributed by atoms with E-state index in [-0.39, 0.29) is 6.04 Å². The first-order valence-corrected chi connectivity index (χ1v) is 5.38. The minimum absolute atomic E-state index is 0.0901. The van der Waals surface area contributed by atoms with E-state index < -0.39 is 0 Å².